The monoisotopic (exact) mass is 274 g/mol. The van der Waals surface area contributed by atoms with Gasteiger partial charge in [-0.3, -0.25) is 4.90 Å². The molecule has 1 fully saturated rings. The molecule has 1 aromatic rings. The maximum atomic E-state index is 6.37. The summed E-state index contributed by atoms with van der Waals surface area (Å²) in [6, 6.07) is 6.63. The highest BCUT2D eigenvalue weighted by molar-refractivity contribution is 5.37. The zero-order valence-electron chi connectivity index (χ0n) is 12.7. The van der Waals surface area contributed by atoms with Crippen molar-refractivity contribution >= 4 is 0 Å². The first kappa shape index (κ1) is 13.9. The Morgan fingerprint density at radius 1 is 1.35 bits per heavy atom. The van der Waals surface area contributed by atoms with Gasteiger partial charge in [0, 0.05) is 13.1 Å². The molecule has 3 nitrogen and oxygen atoms in total. The Kier molecular flexibility index (Phi) is 3.99. The number of piperidine rings is 1. The number of fused-ring (bicyclic) bond motifs is 1. The van der Waals surface area contributed by atoms with E-state index in [9.17, 15) is 0 Å². The first-order valence-electron chi connectivity index (χ1n) is 7.92. The molecule has 1 N–H and O–H groups in total. The highest BCUT2D eigenvalue weighted by Gasteiger charge is 2.32. The van der Waals surface area contributed by atoms with E-state index in [2.05, 4.69) is 42.3 Å². The third kappa shape index (κ3) is 2.99. The van der Waals surface area contributed by atoms with Crippen LogP contribution in [0.15, 0.2) is 18.2 Å². The molecule has 0 spiro atoms. The maximum absolute atomic E-state index is 6.37. The number of hydrogen-bond acceptors (Lipinski definition) is 3. The van der Waals surface area contributed by atoms with Crippen molar-refractivity contribution in [2.45, 2.75) is 45.3 Å². The summed E-state index contributed by atoms with van der Waals surface area (Å²) in [6.45, 7) is 9.93. The summed E-state index contributed by atoms with van der Waals surface area (Å²) in [4.78, 5) is 2.49. The minimum atomic E-state index is -0.0371. The van der Waals surface area contributed by atoms with Gasteiger partial charge in [0.2, 0.25) is 0 Å². The highest BCUT2D eigenvalue weighted by atomic mass is 16.5. The summed E-state index contributed by atoms with van der Waals surface area (Å²) in [5.74, 6) is 1.04. The molecule has 0 saturated carbocycles. The molecule has 0 radical (unpaired) electrons. The first-order chi connectivity index (χ1) is 9.68. The number of nitrogens with one attached hydrogen (secondary N) is 1. The van der Waals surface area contributed by atoms with Crippen molar-refractivity contribution in [1.82, 2.24) is 10.2 Å². The van der Waals surface area contributed by atoms with Crippen LogP contribution in [0.3, 0.4) is 0 Å². The molecule has 20 heavy (non-hydrogen) atoms. The second kappa shape index (κ2) is 5.74. The first-order valence-corrected chi connectivity index (χ1v) is 7.92. The van der Waals surface area contributed by atoms with Gasteiger partial charge in [-0.25, -0.2) is 0 Å². The van der Waals surface area contributed by atoms with E-state index in [0.717, 1.165) is 44.8 Å². The number of hydrogen-bond donors (Lipinski definition) is 1. The molecule has 110 valence electrons. The van der Waals surface area contributed by atoms with E-state index in [0.29, 0.717) is 0 Å². The molecule has 0 aliphatic carbocycles. The third-order valence-electron chi connectivity index (χ3n) is 4.61. The standard InChI is InChI=1S/C17H26N2O/c1-3-19-10-4-8-17(2,13-19)20-16-6-5-14-7-9-18-12-15(14)11-16/h5-6,11,18H,3-4,7-10,12-13H2,1-2H3. The second-order valence-electron chi connectivity index (χ2n) is 6.38. The summed E-state index contributed by atoms with van der Waals surface area (Å²) >= 11 is 0. The minimum absolute atomic E-state index is 0.0371. The van der Waals surface area contributed by atoms with Gasteiger partial charge in [-0.2, -0.15) is 0 Å². The molecule has 3 heteroatoms. The number of likely N-dealkylation sites (N-methyl/N-ethyl adjacent to an activating group) is 1. The van der Waals surface area contributed by atoms with Crippen LogP contribution in [0.1, 0.15) is 37.8 Å². The lowest BCUT2D eigenvalue weighted by Gasteiger charge is -2.40. The average molecular weight is 274 g/mol. The predicted molar refractivity (Wildman–Crippen MR) is 82.2 cm³/mol. The zero-order chi connectivity index (χ0) is 14.0. The fourth-order valence-electron chi connectivity index (χ4n) is 3.47. The number of ether oxygens (including phenoxy) is 1. The Morgan fingerprint density at radius 3 is 3.10 bits per heavy atom. The van der Waals surface area contributed by atoms with Crippen LogP contribution in [0.25, 0.3) is 0 Å². The van der Waals surface area contributed by atoms with Gasteiger partial charge in [0.25, 0.3) is 0 Å². The molecule has 0 amide bonds. The lowest BCUT2D eigenvalue weighted by Crippen LogP contribution is -2.49. The van der Waals surface area contributed by atoms with Gasteiger partial charge < -0.3 is 10.1 Å². The maximum Gasteiger partial charge on any atom is 0.120 e. The summed E-state index contributed by atoms with van der Waals surface area (Å²) in [6.07, 6.45) is 3.52. The van der Waals surface area contributed by atoms with E-state index in [-0.39, 0.29) is 5.60 Å². The Balaban J connectivity index is 1.73. The third-order valence-corrected chi connectivity index (χ3v) is 4.61. The molecule has 1 saturated heterocycles. The summed E-state index contributed by atoms with van der Waals surface area (Å²) in [7, 11) is 0. The molecule has 1 atom stereocenters. The number of likely N-dealkylation sites (tertiary alicyclic amines) is 1. The second-order valence-corrected chi connectivity index (χ2v) is 6.38. The SMILES string of the molecule is CCN1CCCC(C)(Oc2ccc3c(c2)CNCC3)C1. The molecule has 1 aromatic carbocycles. The molecule has 2 heterocycles. The van der Waals surface area contributed by atoms with Gasteiger partial charge in [0.15, 0.2) is 0 Å². The van der Waals surface area contributed by atoms with Crippen LogP contribution in [0.5, 0.6) is 5.75 Å². The predicted octanol–water partition coefficient (Wildman–Crippen LogP) is 2.59. The van der Waals surface area contributed by atoms with Gasteiger partial charge in [-0.05, 0) is 69.1 Å². The quantitative estimate of drug-likeness (QED) is 0.917. The Labute approximate surface area is 122 Å². The number of rotatable bonds is 3. The van der Waals surface area contributed by atoms with Crippen molar-refractivity contribution in [3.8, 4) is 5.75 Å². The Bertz CT molecular complexity index is 474. The lowest BCUT2D eigenvalue weighted by molar-refractivity contribution is 0.00780. The fraction of sp³-hybridized carbons (Fsp3) is 0.647. The smallest absolute Gasteiger partial charge is 0.120 e. The van der Waals surface area contributed by atoms with Crippen molar-refractivity contribution in [3.05, 3.63) is 29.3 Å². The van der Waals surface area contributed by atoms with Crippen molar-refractivity contribution in [3.63, 3.8) is 0 Å². The molecule has 0 aromatic heterocycles. The fourth-order valence-corrected chi connectivity index (χ4v) is 3.47. The largest absolute Gasteiger partial charge is 0.486 e. The normalized spacial score (nSPS) is 27.1. The van der Waals surface area contributed by atoms with Gasteiger partial charge in [-0.1, -0.05) is 13.0 Å². The van der Waals surface area contributed by atoms with Gasteiger partial charge in [0.05, 0.1) is 0 Å². The molecule has 3 rings (SSSR count). The highest BCUT2D eigenvalue weighted by Crippen LogP contribution is 2.29. The Morgan fingerprint density at radius 2 is 2.25 bits per heavy atom. The zero-order valence-corrected chi connectivity index (χ0v) is 12.7. The van der Waals surface area contributed by atoms with Crippen LogP contribution in [0.2, 0.25) is 0 Å². The van der Waals surface area contributed by atoms with Crippen molar-refractivity contribution < 1.29 is 4.74 Å². The number of benzene rings is 1. The molecule has 1 unspecified atom stereocenters. The van der Waals surface area contributed by atoms with Crippen LogP contribution in [0.4, 0.5) is 0 Å². The van der Waals surface area contributed by atoms with Crippen molar-refractivity contribution in [2.24, 2.45) is 0 Å². The van der Waals surface area contributed by atoms with E-state index in [1.165, 1.54) is 24.1 Å². The molecule has 2 aliphatic heterocycles. The van der Waals surface area contributed by atoms with Crippen LogP contribution in [-0.2, 0) is 13.0 Å². The van der Waals surface area contributed by atoms with Crippen LogP contribution >= 0.6 is 0 Å². The van der Waals surface area contributed by atoms with Gasteiger partial charge >= 0.3 is 0 Å². The van der Waals surface area contributed by atoms with E-state index in [4.69, 9.17) is 4.74 Å². The van der Waals surface area contributed by atoms with Crippen molar-refractivity contribution in [2.75, 3.05) is 26.2 Å². The summed E-state index contributed by atoms with van der Waals surface area (Å²) in [5.41, 5.74) is 2.84. The van der Waals surface area contributed by atoms with E-state index in [1.807, 2.05) is 0 Å². The summed E-state index contributed by atoms with van der Waals surface area (Å²) < 4.78 is 6.37. The average Bonchev–Trinajstić information content (AvgIpc) is 2.46. The van der Waals surface area contributed by atoms with E-state index < -0.39 is 0 Å². The van der Waals surface area contributed by atoms with Crippen LogP contribution in [0, 0.1) is 0 Å². The van der Waals surface area contributed by atoms with Gasteiger partial charge in [-0.15, -0.1) is 0 Å². The number of nitrogens with zero attached hydrogens (tertiary/aromatic N) is 1. The van der Waals surface area contributed by atoms with Crippen LogP contribution < -0.4 is 10.1 Å². The van der Waals surface area contributed by atoms with E-state index >= 15 is 0 Å². The lowest BCUT2D eigenvalue weighted by atomic mass is 9.94. The van der Waals surface area contributed by atoms with Crippen LogP contribution in [-0.4, -0.2) is 36.7 Å². The van der Waals surface area contributed by atoms with Gasteiger partial charge in [0.1, 0.15) is 11.4 Å². The topological polar surface area (TPSA) is 24.5 Å². The van der Waals surface area contributed by atoms with E-state index in [1.54, 1.807) is 0 Å². The molecule has 0 bridgehead atoms. The Hall–Kier alpha value is -1.06. The van der Waals surface area contributed by atoms with Crippen molar-refractivity contribution in [1.29, 1.82) is 0 Å². The molecular formula is C17H26N2O. The minimum Gasteiger partial charge on any atom is -0.486 e. The summed E-state index contributed by atoms with van der Waals surface area (Å²) in [5, 5.41) is 3.43. The molecule has 2 aliphatic rings. The molecular weight excluding hydrogens is 248 g/mol.